The van der Waals surface area contributed by atoms with E-state index in [4.69, 9.17) is 21.1 Å². The van der Waals surface area contributed by atoms with Crippen LogP contribution in [0.25, 0.3) is 0 Å². The number of benzene rings is 2. The SMILES string of the molecule is CCOc1ccccc1OCC(=O)Nc1cc(C(=O)N(C)C)ccc1Cl. The third kappa shape index (κ3) is 5.13. The maximum atomic E-state index is 12.2. The highest BCUT2D eigenvalue weighted by atomic mass is 35.5. The number of halogens is 1. The van der Waals surface area contributed by atoms with Crippen LogP contribution < -0.4 is 14.8 Å². The summed E-state index contributed by atoms with van der Waals surface area (Å²) in [7, 11) is 3.30. The van der Waals surface area contributed by atoms with Crippen LogP contribution in [0, 0.1) is 0 Å². The zero-order valence-corrected chi connectivity index (χ0v) is 15.7. The van der Waals surface area contributed by atoms with Crippen LogP contribution in [0.1, 0.15) is 17.3 Å². The smallest absolute Gasteiger partial charge is 0.262 e. The molecule has 0 heterocycles. The summed E-state index contributed by atoms with van der Waals surface area (Å²) in [5, 5.41) is 3.00. The molecule has 0 aliphatic carbocycles. The van der Waals surface area contributed by atoms with E-state index in [9.17, 15) is 9.59 Å². The van der Waals surface area contributed by atoms with Crippen LogP contribution in [0.4, 0.5) is 5.69 Å². The molecule has 138 valence electrons. The Kier molecular flexibility index (Phi) is 6.86. The molecule has 0 unspecified atom stereocenters. The molecular weight excluding hydrogens is 356 g/mol. The van der Waals surface area contributed by atoms with Gasteiger partial charge >= 0.3 is 0 Å². The van der Waals surface area contributed by atoms with Crippen molar-refractivity contribution >= 4 is 29.1 Å². The fraction of sp³-hybridized carbons (Fsp3) is 0.263. The van der Waals surface area contributed by atoms with Crippen LogP contribution in [-0.2, 0) is 4.79 Å². The van der Waals surface area contributed by atoms with E-state index in [0.29, 0.717) is 34.4 Å². The van der Waals surface area contributed by atoms with E-state index in [1.54, 1.807) is 44.4 Å². The number of carbonyl (C=O) groups excluding carboxylic acids is 2. The monoisotopic (exact) mass is 376 g/mol. The Morgan fingerprint density at radius 3 is 2.35 bits per heavy atom. The molecular formula is C19H21ClN2O4. The molecule has 0 fully saturated rings. The van der Waals surface area contributed by atoms with Gasteiger partial charge in [0.05, 0.1) is 17.3 Å². The predicted molar refractivity (Wildman–Crippen MR) is 101 cm³/mol. The van der Waals surface area contributed by atoms with Gasteiger partial charge in [0.2, 0.25) is 0 Å². The molecule has 0 atom stereocenters. The van der Waals surface area contributed by atoms with Crippen molar-refractivity contribution in [1.29, 1.82) is 0 Å². The summed E-state index contributed by atoms with van der Waals surface area (Å²) in [6, 6.07) is 11.8. The summed E-state index contributed by atoms with van der Waals surface area (Å²) in [5.74, 6) is 0.471. The van der Waals surface area contributed by atoms with Gasteiger partial charge in [-0.15, -0.1) is 0 Å². The number of nitrogens with zero attached hydrogens (tertiary/aromatic N) is 1. The number of nitrogens with one attached hydrogen (secondary N) is 1. The first-order valence-corrected chi connectivity index (χ1v) is 8.45. The molecule has 0 spiro atoms. The lowest BCUT2D eigenvalue weighted by Crippen LogP contribution is -2.23. The average Bonchev–Trinajstić information content (AvgIpc) is 2.62. The Morgan fingerprint density at radius 1 is 1.08 bits per heavy atom. The molecule has 2 rings (SSSR count). The highest BCUT2D eigenvalue weighted by Crippen LogP contribution is 2.27. The summed E-state index contributed by atoms with van der Waals surface area (Å²) >= 11 is 6.11. The molecule has 0 bridgehead atoms. The van der Waals surface area contributed by atoms with Crippen LogP contribution in [0.5, 0.6) is 11.5 Å². The van der Waals surface area contributed by atoms with Gasteiger partial charge in [0.15, 0.2) is 18.1 Å². The van der Waals surface area contributed by atoms with Crippen molar-refractivity contribution in [3.8, 4) is 11.5 Å². The number of rotatable bonds is 7. The molecule has 26 heavy (non-hydrogen) atoms. The Labute approximate surface area is 157 Å². The largest absolute Gasteiger partial charge is 0.490 e. The van der Waals surface area contributed by atoms with E-state index in [1.807, 2.05) is 13.0 Å². The summed E-state index contributed by atoms with van der Waals surface area (Å²) in [5.41, 5.74) is 0.781. The number of hydrogen-bond acceptors (Lipinski definition) is 4. The van der Waals surface area contributed by atoms with Gasteiger partial charge in [-0.1, -0.05) is 23.7 Å². The fourth-order valence-electron chi connectivity index (χ4n) is 2.19. The highest BCUT2D eigenvalue weighted by molar-refractivity contribution is 6.33. The van der Waals surface area contributed by atoms with Crippen molar-refractivity contribution in [2.24, 2.45) is 0 Å². The molecule has 2 aromatic carbocycles. The standard InChI is InChI=1S/C19H21ClN2O4/c1-4-25-16-7-5-6-8-17(16)26-12-18(23)21-15-11-13(9-10-14(15)20)19(24)22(2)3/h5-11H,4,12H2,1-3H3,(H,21,23). The number of carbonyl (C=O) groups is 2. The third-order valence-corrected chi connectivity index (χ3v) is 3.73. The number of ether oxygens (including phenoxy) is 2. The van der Waals surface area contributed by atoms with Crippen LogP contribution >= 0.6 is 11.6 Å². The van der Waals surface area contributed by atoms with E-state index in [-0.39, 0.29) is 12.5 Å². The molecule has 0 aliphatic rings. The Bertz CT molecular complexity index is 793. The molecule has 0 aliphatic heterocycles. The van der Waals surface area contributed by atoms with Gasteiger partial charge in [0.25, 0.3) is 11.8 Å². The lowest BCUT2D eigenvalue weighted by atomic mass is 10.2. The molecule has 0 saturated heterocycles. The fourth-order valence-corrected chi connectivity index (χ4v) is 2.35. The highest BCUT2D eigenvalue weighted by Gasteiger charge is 2.13. The van der Waals surface area contributed by atoms with Gasteiger partial charge in [-0.2, -0.15) is 0 Å². The minimum Gasteiger partial charge on any atom is -0.490 e. The summed E-state index contributed by atoms with van der Waals surface area (Å²) in [6.07, 6.45) is 0. The van der Waals surface area contributed by atoms with Crippen LogP contribution in [-0.4, -0.2) is 44.0 Å². The minimum atomic E-state index is -0.396. The average molecular weight is 377 g/mol. The Morgan fingerprint density at radius 2 is 1.73 bits per heavy atom. The zero-order chi connectivity index (χ0) is 19.1. The van der Waals surface area contributed by atoms with Crippen molar-refractivity contribution in [2.75, 3.05) is 32.6 Å². The molecule has 2 aromatic rings. The van der Waals surface area contributed by atoms with Gasteiger partial charge in [-0.3, -0.25) is 9.59 Å². The maximum absolute atomic E-state index is 12.2. The predicted octanol–water partition coefficient (Wildman–Crippen LogP) is 3.46. The lowest BCUT2D eigenvalue weighted by Gasteiger charge is -2.14. The van der Waals surface area contributed by atoms with Crippen LogP contribution in [0.2, 0.25) is 5.02 Å². The van der Waals surface area contributed by atoms with Gasteiger partial charge in [0, 0.05) is 19.7 Å². The number of anilines is 1. The van der Waals surface area contributed by atoms with Gasteiger partial charge in [0.1, 0.15) is 0 Å². The maximum Gasteiger partial charge on any atom is 0.262 e. The molecule has 0 aromatic heterocycles. The van der Waals surface area contributed by atoms with Crippen molar-refractivity contribution in [2.45, 2.75) is 6.92 Å². The summed E-state index contributed by atoms with van der Waals surface area (Å²) < 4.78 is 11.0. The van der Waals surface area contributed by atoms with Crippen molar-refractivity contribution in [3.63, 3.8) is 0 Å². The number of amides is 2. The first kappa shape index (κ1) is 19.6. The molecule has 0 saturated carbocycles. The third-order valence-electron chi connectivity index (χ3n) is 3.40. The van der Waals surface area contributed by atoms with Crippen molar-refractivity contribution in [1.82, 2.24) is 4.90 Å². The van der Waals surface area contributed by atoms with Crippen LogP contribution in [0.15, 0.2) is 42.5 Å². The lowest BCUT2D eigenvalue weighted by molar-refractivity contribution is -0.118. The number of para-hydroxylation sites is 2. The summed E-state index contributed by atoms with van der Waals surface area (Å²) in [6.45, 7) is 2.15. The van der Waals surface area contributed by atoms with E-state index >= 15 is 0 Å². The second kappa shape index (κ2) is 9.10. The molecule has 7 heteroatoms. The van der Waals surface area contributed by atoms with E-state index in [2.05, 4.69) is 5.32 Å². The number of hydrogen-bond donors (Lipinski definition) is 1. The Balaban J connectivity index is 2.04. The quantitative estimate of drug-likeness (QED) is 0.803. The van der Waals surface area contributed by atoms with Crippen molar-refractivity contribution in [3.05, 3.63) is 53.1 Å². The van der Waals surface area contributed by atoms with E-state index in [0.717, 1.165) is 0 Å². The second-order valence-electron chi connectivity index (χ2n) is 5.61. The van der Waals surface area contributed by atoms with Gasteiger partial charge < -0.3 is 19.7 Å². The first-order valence-electron chi connectivity index (χ1n) is 8.08. The van der Waals surface area contributed by atoms with Gasteiger partial charge in [-0.25, -0.2) is 0 Å². The summed E-state index contributed by atoms with van der Waals surface area (Å²) in [4.78, 5) is 25.7. The minimum absolute atomic E-state index is 0.181. The molecule has 0 radical (unpaired) electrons. The topological polar surface area (TPSA) is 67.9 Å². The molecule has 6 nitrogen and oxygen atoms in total. The van der Waals surface area contributed by atoms with Crippen LogP contribution in [0.3, 0.4) is 0 Å². The van der Waals surface area contributed by atoms with Gasteiger partial charge in [-0.05, 0) is 37.3 Å². The van der Waals surface area contributed by atoms with Crippen molar-refractivity contribution < 1.29 is 19.1 Å². The Hall–Kier alpha value is -2.73. The zero-order valence-electron chi connectivity index (χ0n) is 14.9. The van der Waals surface area contributed by atoms with E-state index < -0.39 is 5.91 Å². The first-order chi connectivity index (χ1) is 12.4. The normalized spacial score (nSPS) is 10.2. The molecule has 2 amide bonds. The molecule has 1 N–H and O–H groups in total. The van der Waals surface area contributed by atoms with E-state index in [1.165, 1.54) is 11.0 Å². The second-order valence-corrected chi connectivity index (χ2v) is 6.02.